The van der Waals surface area contributed by atoms with Gasteiger partial charge in [0.05, 0.1) is 0 Å². The van der Waals surface area contributed by atoms with Crippen LogP contribution in [0.4, 0.5) is 5.82 Å². The van der Waals surface area contributed by atoms with Crippen molar-refractivity contribution in [2.24, 2.45) is 11.8 Å². The summed E-state index contributed by atoms with van der Waals surface area (Å²) < 4.78 is 0. The second-order valence-electron chi connectivity index (χ2n) is 4.84. The summed E-state index contributed by atoms with van der Waals surface area (Å²) in [7, 11) is 1.75. The van der Waals surface area contributed by atoms with Crippen LogP contribution in [0.3, 0.4) is 0 Å². The Kier molecular flexibility index (Phi) is 4.07. The van der Waals surface area contributed by atoms with Crippen LogP contribution >= 0.6 is 11.6 Å². The molecule has 98 valence electrons. The summed E-state index contributed by atoms with van der Waals surface area (Å²) in [5.41, 5.74) is 0.544. The smallest absolute Gasteiger partial charge is 0.251 e. The van der Waals surface area contributed by atoms with Crippen LogP contribution in [-0.4, -0.2) is 24.5 Å². The largest absolute Gasteiger partial charge is 0.373 e. The zero-order chi connectivity index (χ0) is 13.1. The zero-order valence-electron chi connectivity index (χ0n) is 10.7. The van der Waals surface area contributed by atoms with Gasteiger partial charge in [-0.2, -0.15) is 0 Å². The summed E-state index contributed by atoms with van der Waals surface area (Å²) in [4.78, 5) is 16.0. The molecule has 1 fully saturated rings. The molecule has 1 amide bonds. The van der Waals surface area contributed by atoms with Crippen LogP contribution in [0.5, 0.6) is 0 Å². The van der Waals surface area contributed by atoms with Gasteiger partial charge in [0.25, 0.3) is 5.91 Å². The van der Waals surface area contributed by atoms with Crippen molar-refractivity contribution in [2.45, 2.75) is 19.8 Å². The van der Waals surface area contributed by atoms with Crippen LogP contribution < -0.4 is 10.6 Å². The van der Waals surface area contributed by atoms with E-state index >= 15 is 0 Å². The summed E-state index contributed by atoms with van der Waals surface area (Å²) in [5.74, 6) is 1.85. The quantitative estimate of drug-likeness (QED) is 0.806. The molecule has 1 saturated carbocycles. The van der Waals surface area contributed by atoms with E-state index in [1.165, 1.54) is 12.8 Å². The first kappa shape index (κ1) is 13.1. The number of nitrogens with zero attached hydrogens (tertiary/aromatic N) is 1. The predicted octanol–water partition coefficient (Wildman–Crippen LogP) is 2.55. The first-order chi connectivity index (χ1) is 8.60. The number of anilines is 1. The lowest BCUT2D eigenvalue weighted by Crippen LogP contribution is -2.29. The minimum atomic E-state index is -0.0942. The highest BCUT2D eigenvalue weighted by Gasteiger charge is 2.27. The number of carbonyl (C=O) groups excluding carboxylic acids is 1. The van der Waals surface area contributed by atoms with Crippen molar-refractivity contribution < 1.29 is 4.79 Å². The Bertz CT molecular complexity index is 446. The average molecular weight is 268 g/mol. The Balaban J connectivity index is 1.96. The summed E-state index contributed by atoms with van der Waals surface area (Å²) in [5, 5.41) is 6.15. The maximum absolute atomic E-state index is 12.0. The first-order valence-electron chi connectivity index (χ1n) is 6.23. The van der Waals surface area contributed by atoms with Crippen molar-refractivity contribution in [1.29, 1.82) is 0 Å². The molecule has 5 heteroatoms. The third-order valence-corrected chi connectivity index (χ3v) is 3.52. The lowest BCUT2D eigenvalue weighted by molar-refractivity contribution is 0.0946. The number of aromatic nitrogens is 1. The topological polar surface area (TPSA) is 54.0 Å². The van der Waals surface area contributed by atoms with Gasteiger partial charge in [-0.1, -0.05) is 18.5 Å². The Morgan fingerprint density at radius 2 is 2.28 bits per heavy atom. The molecule has 1 aliphatic carbocycles. The maximum atomic E-state index is 12.0. The molecule has 2 rings (SSSR count). The van der Waals surface area contributed by atoms with Crippen molar-refractivity contribution in [3.63, 3.8) is 0 Å². The third kappa shape index (κ3) is 3.35. The van der Waals surface area contributed by atoms with Gasteiger partial charge in [-0.05, 0) is 36.8 Å². The van der Waals surface area contributed by atoms with Crippen molar-refractivity contribution >= 4 is 23.3 Å². The number of hydrogen-bond acceptors (Lipinski definition) is 3. The molecule has 1 atom stereocenters. The normalized spacial score (nSPS) is 16.2. The second kappa shape index (κ2) is 5.57. The monoisotopic (exact) mass is 267 g/mol. The van der Waals surface area contributed by atoms with Crippen LogP contribution in [0.15, 0.2) is 12.1 Å². The van der Waals surface area contributed by atoms with E-state index in [2.05, 4.69) is 22.5 Å². The third-order valence-electron chi connectivity index (χ3n) is 3.32. The van der Waals surface area contributed by atoms with Crippen molar-refractivity contribution in [3.8, 4) is 0 Å². The van der Waals surface area contributed by atoms with E-state index < -0.39 is 0 Å². The number of amides is 1. The molecular weight excluding hydrogens is 250 g/mol. The fourth-order valence-electron chi connectivity index (χ4n) is 1.94. The minimum Gasteiger partial charge on any atom is -0.373 e. The minimum absolute atomic E-state index is 0.0942. The molecule has 1 aromatic rings. The Hall–Kier alpha value is -1.29. The number of pyridine rings is 1. The van der Waals surface area contributed by atoms with E-state index in [0.29, 0.717) is 22.5 Å². The lowest BCUT2D eigenvalue weighted by atomic mass is 10.1. The highest BCUT2D eigenvalue weighted by atomic mass is 35.5. The van der Waals surface area contributed by atoms with Gasteiger partial charge in [0, 0.05) is 19.2 Å². The molecule has 1 aliphatic rings. The van der Waals surface area contributed by atoms with Gasteiger partial charge in [0.2, 0.25) is 0 Å². The van der Waals surface area contributed by atoms with Crippen molar-refractivity contribution in [2.75, 3.05) is 18.9 Å². The lowest BCUT2D eigenvalue weighted by Gasteiger charge is -2.12. The number of nitrogens with one attached hydrogen (secondary N) is 2. The molecular formula is C13H18ClN3O. The SMILES string of the molecule is CNc1cc(C(=O)NCC(C)C2CC2)cc(Cl)n1. The fraction of sp³-hybridized carbons (Fsp3) is 0.538. The molecule has 4 nitrogen and oxygen atoms in total. The molecule has 0 saturated heterocycles. The predicted molar refractivity (Wildman–Crippen MR) is 73.0 cm³/mol. The molecule has 1 heterocycles. The summed E-state index contributed by atoms with van der Waals surface area (Å²) in [6.07, 6.45) is 2.59. The van der Waals surface area contributed by atoms with Gasteiger partial charge in [-0.25, -0.2) is 4.98 Å². The van der Waals surface area contributed by atoms with E-state index in [9.17, 15) is 4.79 Å². The van der Waals surface area contributed by atoms with Crippen molar-refractivity contribution in [3.05, 3.63) is 22.8 Å². The van der Waals surface area contributed by atoms with E-state index in [4.69, 9.17) is 11.6 Å². The van der Waals surface area contributed by atoms with Crippen molar-refractivity contribution in [1.82, 2.24) is 10.3 Å². The van der Waals surface area contributed by atoms with Gasteiger partial charge in [0.1, 0.15) is 11.0 Å². The van der Waals surface area contributed by atoms with Gasteiger partial charge < -0.3 is 10.6 Å². The van der Waals surface area contributed by atoms with Crippen LogP contribution in [0, 0.1) is 11.8 Å². The highest BCUT2D eigenvalue weighted by Crippen LogP contribution is 2.36. The van der Waals surface area contributed by atoms with Crippen LogP contribution in [0.1, 0.15) is 30.1 Å². The molecule has 1 aromatic heterocycles. The molecule has 18 heavy (non-hydrogen) atoms. The van der Waals surface area contributed by atoms with E-state index in [1.807, 2.05) is 0 Å². The Labute approximate surface area is 112 Å². The molecule has 1 unspecified atom stereocenters. The van der Waals surface area contributed by atoms with Gasteiger partial charge >= 0.3 is 0 Å². The molecule has 0 radical (unpaired) electrons. The molecule has 0 spiro atoms. The maximum Gasteiger partial charge on any atom is 0.251 e. The number of hydrogen-bond donors (Lipinski definition) is 2. The molecule has 2 N–H and O–H groups in total. The Morgan fingerprint density at radius 1 is 1.56 bits per heavy atom. The average Bonchev–Trinajstić information content (AvgIpc) is 3.18. The molecule has 0 bridgehead atoms. The summed E-state index contributed by atoms with van der Waals surface area (Å²) in [6.45, 7) is 2.90. The van der Waals surface area contributed by atoms with E-state index in [1.54, 1.807) is 19.2 Å². The molecule has 0 aromatic carbocycles. The first-order valence-corrected chi connectivity index (χ1v) is 6.61. The van der Waals surface area contributed by atoms with Crippen LogP contribution in [0.25, 0.3) is 0 Å². The van der Waals surface area contributed by atoms with Gasteiger partial charge in [-0.3, -0.25) is 4.79 Å². The highest BCUT2D eigenvalue weighted by molar-refractivity contribution is 6.29. The standard InChI is InChI=1S/C13H18ClN3O/c1-8(9-3-4-9)7-16-13(18)10-5-11(14)17-12(6-10)15-2/h5-6,8-9H,3-4,7H2,1-2H3,(H,15,17)(H,16,18). The molecule has 0 aliphatic heterocycles. The summed E-state index contributed by atoms with van der Waals surface area (Å²) >= 11 is 5.86. The summed E-state index contributed by atoms with van der Waals surface area (Å²) in [6, 6.07) is 3.28. The number of carbonyl (C=O) groups is 1. The fourth-order valence-corrected chi connectivity index (χ4v) is 2.15. The van der Waals surface area contributed by atoms with Gasteiger partial charge in [-0.15, -0.1) is 0 Å². The number of rotatable bonds is 5. The van der Waals surface area contributed by atoms with Crippen LogP contribution in [-0.2, 0) is 0 Å². The van der Waals surface area contributed by atoms with E-state index in [-0.39, 0.29) is 5.91 Å². The Morgan fingerprint density at radius 3 is 2.89 bits per heavy atom. The van der Waals surface area contributed by atoms with E-state index in [0.717, 1.165) is 12.5 Å². The zero-order valence-corrected chi connectivity index (χ0v) is 11.4. The van der Waals surface area contributed by atoms with Gasteiger partial charge in [0.15, 0.2) is 0 Å². The second-order valence-corrected chi connectivity index (χ2v) is 5.23. The van der Waals surface area contributed by atoms with Crippen LogP contribution in [0.2, 0.25) is 5.15 Å². The number of halogens is 1.